The summed E-state index contributed by atoms with van der Waals surface area (Å²) in [5.41, 5.74) is 2.66. The van der Waals surface area contributed by atoms with Crippen LogP contribution in [0, 0.1) is 6.92 Å². The lowest BCUT2D eigenvalue weighted by molar-refractivity contribution is -0.135. The maximum atomic E-state index is 12.1. The van der Waals surface area contributed by atoms with Gasteiger partial charge in [-0.25, -0.2) is 9.59 Å². The normalized spacial score (nSPS) is 15.9. The highest BCUT2D eigenvalue weighted by molar-refractivity contribution is 5.91. The van der Waals surface area contributed by atoms with Crippen LogP contribution in [0.15, 0.2) is 51.7 Å². The highest BCUT2D eigenvalue weighted by atomic mass is 16.5. The molecule has 0 saturated carbocycles. The van der Waals surface area contributed by atoms with Crippen molar-refractivity contribution in [2.45, 2.75) is 19.3 Å². The Morgan fingerprint density at radius 2 is 1.85 bits per heavy atom. The molecular formula is C21H16O6. The largest absolute Gasteiger partial charge is 0.465 e. The third-order valence-corrected chi connectivity index (χ3v) is 4.80. The van der Waals surface area contributed by atoms with Gasteiger partial charge in [-0.15, -0.1) is 0 Å². The summed E-state index contributed by atoms with van der Waals surface area (Å²) in [6.07, 6.45) is 0.112. The van der Waals surface area contributed by atoms with Crippen molar-refractivity contribution < 1.29 is 23.5 Å². The molecule has 0 radical (unpaired) electrons. The Morgan fingerprint density at radius 1 is 1.11 bits per heavy atom. The van der Waals surface area contributed by atoms with E-state index in [2.05, 4.69) is 0 Å². The van der Waals surface area contributed by atoms with Crippen LogP contribution in [0.5, 0.6) is 5.75 Å². The standard InChI is InChI=1S/C21H16O6/c1-11-9-17(22)27-20-14(11)7-8-16-19(20)15(10-18(23)26-16)12-3-5-13(6-4-12)21(24)25-2/h3-9,15H,10H2,1-2H3/t15-/m1/s1. The Kier molecular flexibility index (Phi) is 4.03. The van der Waals surface area contributed by atoms with Gasteiger partial charge in [0.2, 0.25) is 0 Å². The van der Waals surface area contributed by atoms with Crippen molar-refractivity contribution in [3.05, 3.63) is 75.1 Å². The third kappa shape index (κ3) is 2.89. The lowest BCUT2D eigenvalue weighted by atomic mass is 9.84. The molecule has 136 valence electrons. The van der Waals surface area contributed by atoms with Gasteiger partial charge in [-0.2, -0.15) is 0 Å². The number of rotatable bonds is 2. The van der Waals surface area contributed by atoms with Gasteiger partial charge in [0.05, 0.1) is 19.1 Å². The number of fused-ring (bicyclic) bond motifs is 3. The summed E-state index contributed by atoms with van der Waals surface area (Å²) in [6, 6.07) is 11.8. The highest BCUT2D eigenvalue weighted by Crippen LogP contribution is 2.43. The van der Waals surface area contributed by atoms with E-state index in [9.17, 15) is 14.4 Å². The van der Waals surface area contributed by atoms with Gasteiger partial charge in [0.15, 0.2) is 0 Å². The first kappa shape index (κ1) is 17.0. The maximum absolute atomic E-state index is 12.1. The fourth-order valence-corrected chi connectivity index (χ4v) is 3.49. The SMILES string of the molecule is COC(=O)c1ccc([C@H]2CC(=O)Oc3ccc4c(C)cc(=O)oc4c32)cc1. The van der Waals surface area contributed by atoms with Crippen molar-refractivity contribution >= 4 is 22.9 Å². The number of carbonyl (C=O) groups excluding carboxylic acids is 2. The molecular weight excluding hydrogens is 348 g/mol. The van der Waals surface area contributed by atoms with Crippen molar-refractivity contribution in [1.82, 2.24) is 0 Å². The van der Waals surface area contributed by atoms with Crippen molar-refractivity contribution in [1.29, 1.82) is 0 Å². The highest BCUT2D eigenvalue weighted by Gasteiger charge is 2.32. The zero-order valence-corrected chi connectivity index (χ0v) is 14.8. The molecule has 2 heterocycles. The second kappa shape index (κ2) is 6.39. The minimum Gasteiger partial charge on any atom is -0.465 e. The number of hydrogen-bond donors (Lipinski definition) is 0. The Hall–Kier alpha value is -3.41. The van der Waals surface area contributed by atoms with E-state index in [1.165, 1.54) is 13.2 Å². The number of aryl methyl sites for hydroxylation is 1. The van der Waals surface area contributed by atoms with Crippen LogP contribution in [0.25, 0.3) is 11.0 Å². The lowest BCUT2D eigenvalue weighted by Gasteiger charge is -2.25. The molecule has 1 aliphatic heterocycles. The molecule has 3 aromatic rings. The van der Waals surface area contributed by atoms with Crippen molar-refractivity contribution in [3.8, 4) is 5.75 Å². The molecule has 0 fully saturated rings. The molecule has 0 aliphatic carbocycles. The minimum atomic E-state index is -0.454. The Bertz CT molecular complexity index is 1120. The molecule has 0 bridgehead atoms. The average Bonchev–Trinajstić information content (AvgIpc) is 2.66. The Balaban J connectivity index is 1.91. The molecule has 1 aliphatic rings. The predicted octanol–water partition coefficient (Wildman–Crippen LogP) is 3.33. The fourth-order valence-electron chi connectivity index (χ4n) is 3.49. The monoisotopic (exact) mass is 364 g/mol. The topological polar surface area (TPSA) is 82.8 Å². The number of carbonyl (C=O) groups is 2. The summed E-state index contributed by atoms with van der Waals surface area (Å²) in [4.78, 5) is 35.7. The summed E-state index contributed by atoms with van der Waals surface area (Å²) in [5.74, 6) is -0.757. The molecule has 1 atom stereocenters. The van der Waals surface area contributed by atoms with Crippen LogP contribution in [0.4, 0.5) is 0 Å². The summed E-state index contributed by atoms with van der Waals surface area (Å²) >= 11 is 0. The zero-order valence-electron chi connectivity index (χ0n) is 14.8. The van der Waals surface area contributed by atoms with Gasteiger partial charge in [0.25, 0.3) is 0 Å². The van der Waals surface area contributed by atoms with Crippen LogP contribution in [0.1, 0.15) is 39.4 Å². The van der Waals surface area contributed by atoms with Crippen molar-refractivity contribution in [3.63, 3.8) is 0 Å². The Morgan fingerprint density at radius 3 is 2.56 bits per heavy atom. The van der Waals surface area contributed by atoms with Gasteiger partial charge >= 0.3 is 17.6 Å². The molecule has 6 heteroatoms. The van der Waals surface area contributed by atoms with Gasteiger partial charge in [0.1, 0.15) is 11.3 Å². The van der Waals surface area contributed by atoms with Crippen LogP contribution in [0.2, 0.25) is 0 Å². The molecule has 0 unspecified atom stereocenters. The summed E-state index contributed by atoms with van der Waals surface area (Å²) in [5, 5.41) is 0.794. The number of methoxy groups -OCH3 is 1. The third-order valence-electron chi connectivity index (χ3n) is 4.80. The van der Waals surface area contributed by atoms with E-state index in [1.807, 2.05) is 6.92 Å². The number of hydrogen-bond acceptors (Lipinski definition) is 6. The summed E-state index contributed by atoms with van der Waals surface area (Å²) in [6.45, 7) is 1.83. The first-order valence-electron chi connectivity index (χ1n) is 8.44. The molecule has 0 N–H and O–H groups in total. The quantitative estimate of drug-likeness (QED) is 0.394. The average molecular weight is 364 g/mol. The van der Waals surface area contributed by atoms with Gasteiger partial charge in [-0.05, 0) is 42.3 Å². The first-order chi connectivity index (χ1) is 13.0. The van der Waals surface area contributed by atoms with Crippen LogP contribution >= 0.6 is 0 Å². The van der Waals surface area contributed by atoms with E-state index < -0.39 is 11.6 Å². The zero-order chi connectivity index (χ0) is 19.1. The second-order valence-corrected chi connectivity index (χ2v) is 6.45. The molecule has 27 heavy (non-hydrogen) atoms. The van der Waals surface area contributed by atoms with Crippen LogP contribution < -0.4 is 10.4 Å². The van der Waals surface area contributed by atoms with E-state index in [1.54, 1.807) is 36.4 Å². The molecule has 0 saturated heterocycles. The predicted molar refractivity (Wildman–Crippen MR) is 97.1 cm³/mol. The molecule has 4 rings (SSSR count). The van der Waals surface area contributed by atoms with Gasteiger partial charge in [-0.1, -0.05) is 12.1 Å². The van der Waals surface area contributed by atoms with Crippen molar-refractivity contribution in [2.75, 3.05) is 7.11 Å². The van der Waals surface area contributed by atoms with E-state index in [0.29, 0.717) is 22.5 Å². The van der Waals surface area contributed by atoms with Crippen molar-refractivity contribution in [2.24, 2.45) is 0 Å². The lowest BCUT2D eigenvalue weighted by Crippen LogP contribution is -2.21. The fraction of sp³-hybridized carbons (Fsp3) is 0.190. The maximum Gasteiger partial charge on any atom is 0.337 e. The number of benzene rings is 2. The molecule has 0 spiro atoms. The summed E-state index contributed by atoms with van der Waals surface area (Å²) < 4.78 is 15.6. The second-order valence-electron chi connectivity index (χ2n) is 6.45. The number of esters is 2. The van der Waals surface area contributed by atoms with Crippen LogP contribution in [-0.4, -0.2) is 19.0 Å². The number of ether oxygens (including phenoxy) is 2. The molecule has 2 aromatic carbocycles. The molecule has 1 aromatic heterocycles. The van der Waals surface area contributed by atoms with Gasteiger partial charge in [0, 0.05) is 22.9 Å². The molecule has 6 nitrogen and oxygen atoms in total. The molecule has 0 amide bonds. The van der Waals surface area contributed by atoms with E-state index in [-0.39, 0.29) is 18.3 Å². The smallest absolute Gasteiger partial charge is 0.337 e. The van der Waals surface area contributed by atoms with Gasteiger partial charge < -0.3 is 13.9 Å². The van der Waals surface area contributed by atoms with E-state index in [0.717, 1.165) is 16.5 Å². The Labute approximate surface area is 154 Å². The van der Waals surface area contributed by atoms with E-state index in [4.69, 9.17) is 13.9 Å². The van der Waals surface area contributed by atoms with Gasteiger partial charge in [-0.3, -0.25) is 4.79 Å². The minimum absolute atomic E-state index is 0.112. The van der Waals surface area contributed by atoms with Crippen LogP contribution in [-0.2, 0) is 9.53 Å². The van der Waals surface area contributed by atoms with E-state index >= 15 is 0 Å². The first-order valence-corrected chi connectivity index (χ1v) is 8.44. The van der Waals surface area contributed by atoms with Crippen LogP contribution in [0.3, 0.4) is 0 Å². The summed E-state index contributed by atoms with van der Waals surface area (Å²) in [7, 11) is 1.32.